The van der Waals surface area contributed by atoms with Gasteiger partial charge in [-0.3, -0.25) is 4.79 Å². The topological polar surface area (TPSA) is 46.5 Å². The van der Waals surface area contributed by atoms with E-state index in [1.54, 1.807) is 0 Å². The molecule has 2 unspecified atom stereocenters. The van der Waals surface area contributed by atoms with Crippen molar-refractivity contribution in [1.82, 2.24) is 0 Å². The average Bonchev–Trinajstić information content (AvgIpc) is 2.35. The molecule has 3 nitrogen and oxygen atoms in total. The van der Waals surface area contributed by atoms with Crippen LogP contribution in [0.2, 0.25) is 0 Å². The standard InChI is InChI=1S/C14H28O3S2/c1-4-6-13(8-10-15)18-19-14(7-5-2)9-11-17-12(3)16/h13-15H,4-11H2,1-3H3. The zero-order valence-electron chi connectivity index (χ0n) is 12.4. The van der Waals surface area contributed by atoms with E-state index in [0.29, 0.717) is 17.1 Å². The summed E-state index contributed by atoms with van der Waals surface area (Å²) >= 11 is 0. The van der Waals surface area contributed by atoms with Crippen molar-refractivity contribution in [3.63, 3.8) is 0 Å². The predicted octanol–water partition coefficient (Wildman–Crippen LogP) is 4.04. The van der Waals surface area contributed by atoms with Gasteiger partial charge in [0.1, 0.15) is 0 Å². The molecule has 0 spiro atoms. The number of carbonyl (C=O) groups is 1. The average molecular weight is 309 g/mol. The lowest BCUT2D eigenvalue weighted by Gasteiger charge is -2.19. The molecule has 0 radical (unpaired) electrons. The number of aliphatic hydroxyl groups is 1. The molecule has 19 heavy (non-hydrogen) atoms. The Morgan fingerprint density at radius 3 is 2.00 bits per heavy atom. The Bertz CT molecular complexity index is 219. The van der Waals surface area contributed by atoms with Gasteiger partial charge in [-0.1, -0.05) is 48.3 Å². The van der Waals surface area contributed by atoms with Crippen LogP contribution in [-0.4, -0.2) is 34.8 Å². The normalized spacial score (nSPS) is 14.1. The first kappa shape index (κ1) is 19.1. The Morgan fingerprint density at radius 2 is 1.58 bits per heavy atom. The van der Waals surface area contributed by atoms with E-state index in [4.69, 9.17) is 9.84 Å². The highest BCUT2D eigenvalue weighted by Gasteiger charge is 2.14. The molecule has 0 fully saturated rings. The maximum atomic E-state index is 10.8. The molecule has 114 valence electrons. The fraction of sp³-hybridized carbons (Fsp3) is 0.929. The molecule has 0 aromatic rings. The monoisotopic (exact) mass is 308 g/mol. The van der Waals surface area contributed by atoms with E-state index in [1.165, 1.54) is 6.92 Å². The molecule has 1 N–H and O–H groups in total. The maximum absolute atomic E-state index is 10.8. The Hall–Kier alpha value is 0.130. The van der Waals surface area contributed by atoms with Crippen LogP contribution in [-0.2, 0) is 9.53 Å². The number of carbonyl (C=O) groups excluding carboxylic acids is 1. The van der Waals surface area contributed by atoms with Crippen molar-refractivity contribution in [3.05, 3.63) is 0 Å². The van der Waals surface area contributed by atoms with Crippen LogP contribution in [0.3, 0.4) is 0 Å². The predicted molar refractivity (Wildman–Crippen MR) is 85.5 cm³/mol. The first-order chi connectivity index (χ1) is 9.13. The second-order valence-corrected chi connectivity index (χ2v) is 7.53. The summed E-state index contributed by atoms with van der Waals surface area (Å²) in [5.41, 5.74) is 0. The Kier molecular flexibility index (Phi) is 13.2. The first-order valence-electron chi connectivity index (χ1n) is 7.20. The molecule has 0 aromatic heterocycles. The van der Waals surface area contributed by atoms with Crippen molar-refractivity contribution < 1.29 is 14.6 Å². The maximum Gasteiger partial charge on any atom is 0.302 e. The van der Waals surface area contributed by atoms with E-state index in [0.717, 1.165) is 38.5 Å². The molecule has 0 aliphatic rings. The van der Waals surface area contributed by atoms with E-state index in [9.17, 15) is 4.79 Å². The largest absolute Gasteiger partial charge is 0.466 e. The smallest absolute Gasteiger partial charge is 0.302 e. The molecule has 0 saturated carbocycles. The van der Waals surface area contributed by atoms with Crippen molar-refractivity contribution in [2.45, 2.75) is 69.8 Å². The van der Waals surface area contributed by atoms with Gasteiger partial charge in [-0.05, 0) is 25.7 Å². The van der Waals surface area contributed by atoms with Crippen molar-refractivity contribution >= 4 is 27.6 Å². The lowest BCUT2D eigenvalue weighted by atomic mass is 10.2. The zero-order valence-corrected chi connectivity index (χ0v) is 14.0. The van der Waals surface area contributed by atoms with Gasteiger partial charge in [-0.15, -0.1) is 0 Å². The fourth-order valence-electron chi connectivity index (χ4n) is 1.76. The summed E-state index contributed by atoms with van der Waals surface area (Å²) in [7, 11) is 3.79. The molecule has 0 heterocycles. The Balaban J connectivity index is 3.98. The number of ether oxygens (including phenoxy) is 1. The van der Waals surface area contributed by atoms with Gasteiger partial charge < -0.3 is 9.84 Å². The van der Waals surface area contributed by atoms with Crippen LogP contribution in [0.15, 0.2) is 0 Å². The Morgan fingerprint density at radius 1 is 1.05 bits per heavy atom. The molecule has 0 amide bonds. The van der Waals surface area contributed by atoms with E-state index in [1.807, 2.05) is 21.6 Å². The third-order valence-electron chi connectivity index (χ3n) is 2.75. The lowest BCUT2D eigenvalue weighted by Crippen LogP contribution is -2.10. The summed E-state index contributed by atoms with van der Waals surface area (Å²) in [4.78, 5) is 10.8. The van der Waals surface area contributed by atoms with Gasteiger partial charge in [0.25, 0.3) is 0 Å². The Labute approximate surface area is 125 Å². The van der Waals surface area contributed by atoms with Crippen LogP contribution >= 0.6 is 21.6 Å². The van der Waals surface area contributed by atoms with Gasteiger partial charge in [-0.25, -0.2) is 0 Å². The zero-order chi connectivity index (χ0) is 14.5. The minimum absolute atomic E-state index is 0.197. The molecule has 0 aliphatic heterocycles. The van der Waals surface area contributed by atoms with Crippen LogP contribution in [0.4, 0.5) is 0 Å². The van der Waals surface area contributed by atoms with Crippen LogP contribution in [0.1, 0.15) is 59.3 Å². The van der Waals surface area contributed by atoms with Gasteiger partial charge >= 0.3 is 5.97 Å². The van der Waals surface area contributed by atoms with E-state index in [-0.39, 0.29) is 12.6 Å². The summed E-state index contributed by atoms with van der Waals surface area (Å²) in [6.45, 7) is 6.60. The van der Waals surface area contributed by atoms with Crippen molar-refractivity contribution in [2.24, 2.45) is 0 Å². The van der Waals surface area contributed by atoms with Crippen molar-refractivity contribution in [1.29, 1.82) is 0 Å². The number of hydrogen-bond acceptors (Lipinski definition) is 5. The van der Waals surface area contributed by atoms with E-state index in [2.05, 4.69) is 13.8 Å². The highest BCUT2D eigenvalue weighted by molar-refractivity contribution is 8.77. The highest BCUT2D eigenvalue weighted by Crippen LogP contribution is 2.37. The summed E-state index contributed by atoms with van der Waals surface area (Å²) in [6, 6.07) is 0. The molecular formula is C14H28O3S2. The molecule has 5 heteroatoms. The SMILES string of the molecule is CCCC(CCO)SSC(CCC)CCOC(C)=O. The van der Waals surface area contributed by atoms with Gasteiger partial charge in [-0.2, -0.15) is 0 Å². The molecule has 0 rings (SSSR count). The number of hydrogen-bond donors (Lipinski definition) is 1. The minimum Gasteiger partial charge on any atom is -0.466 e. The second-order valence-electron chi connectivity index (χ2n) is 4.65. The molecule has 0 aliphatic carbocycles. The van der Waals surface area contributed by atoms with Gasteiger partial charge in [0, 0.05) is 24.0 Å². The van der Waals surface area contributed by atoms with E-state index >= 15 is 0 Å². The van der Waals surface area contributed by atoms with Gasteiger partial charge in [0.05, 0.1) is 6.61 Å². The molecule has 2 atom stereocenters. The van der Waals surface area contributed by atoms with Crippen molar-refractivity contribution in [3.8, 4) is 0 Å². The van der Waals surface area contributed by atoms with Crippen LogP contribution < -0.4 is 0 Å². The summed E-state index contributed by atoms with van der Waals surface area (Å²) in [5.74, 6) is -0.197. The molecule has 0 saturated heterocycles. The molecule has 0 aromatic carbocycles. The summed E-state index contributed by atoms with van der Waals surface area (Å²) < 4.78 is 5.02. The van der Waals surface area contributed by atoms with Crippen molar-refractivity contribution in [2.75, 3.05) is 13.2 Å². The number of aliphatic hydroxyl groups excluding tert-OH is 1. The number of rotatable bonds is 12. The molecular weight excluding hydrogens is 280 g/mol. The quantitative estimate of drug-likeness (QED) is 0.435. The summed E-state index contributed by atoms with van der Waals surface area (Å²) in [5, 5.41) is 10.1. The van der Waals surface area contributed by atoms with Gasteiger partial charge in [0.15, 0.2) is 0 Å². The van der Waals surface area contributed by atoms with Crippen LogP contribution in [0.25, 0.3) is 0 Å². The second kappa shape index (κ2) is 13.1. The molecule has 0 bridgehead atoms. The minimum atomic E-state index is -0.197. The number of esters is 1. The summed E-state index contributed by atoms with van der Waals surface area (Å²) in [6.07, 6.45) is 6.40. The fourth-order valence-corrected chi connectivity index (χ4v) is 5.23. The van der Waals surface area contributed by atoms with Crippen LogP contribution in [0, 0.1) is 0 Å². The third-order valence-corrected chi connectivity index (χ3v) is 6.31. The highest BCUT2D eigenvalue weighted by atomic mass is 33.1. The first-order valence-corrected chi connectivity index (χ1v) is 9.47. The van der Waals surface area contributed by atoms with Crippen LogP contribution in [0.5, 0.6) is 0 Å². The van der Waals surface area contributed by atoms with Gasteiger partial charge in [0.2, 0.25) is 0 Å². The van der Waals surface area contributed by atoms with E-state index < -0.39 is 0 Å². The third kappa shape index (κ3) is 11.6. The lowest BCUT2D eigenvalue weighted by molar-refractivity contribution is -0.141.